The van der Waals surface area contributed by atoms with Crippen LogP contribution >= 0.6 is 11.6 Å². The summed E-state index contributed by atoms with van der Waals surface area (Å²) in [6, 6.07) is 3.55. The Morgan fingerprint density at radius 2 is 1.75 bits per heavy atom. The maximum Gasteiger partial charge on any atom is 0.140 e. The molecule has 0 amide bonds. The van der Waals surface area contributed by atoms with Gasteiger partial charge in [-0.25, -0.2) is 4.68 Å². The third kappa shape index (κ3) is 2.60. The molecule has 1 aromatic carbocycles. The summed E-state index contributed by atoms with van der Waals surface area (Å²) in [6.07, 6.45) is 1.50. The number of nitrogens with two attached hydrogens (primary N) is 1. The first-order valence-electron chi connectivity index (χ1n) is 5.86. The summed E-state index contributed by atoms with van der Waals surface area (Å²) in [6.45, 7) is 0.384. The topological polar surface area (TPSA) is 71.5 Å². The van der Waals surface area contributed by atoms with Gasteiger partial charge < -0.3 is 19.9 Å². The molecule has 20 heavy (non-hydrogen) atoms. The van der Waals surface area contributed by atoms with E-state index in [0.717, 1.165) is 5.56 Å². The molecule has 1 heterocycles. The molecule has 0 radical (unpaired) electrons. The number of nitrogen functional groups attached to an aromatic ring is 1. The predicted octanol–water partition coefficient (Wildman–Crippen LogP) is 2.19. The van der Waals surface area contributed by atoms with Crippen molar-refractivity contribution in [2.75, 3.05) is 27.1 Å². The highest BCUT2D eigenvalue weighted by molar-refractivity contribution is 6.32. The van der Waals surface area contributed by atoms with Gasteiger partial charge in [0.1, 0.15) is 28.1 Å². The van der Waals surface area contributed by atoms with Crippen LogP contribution in [0.1, 0.15) is 5.56 Å². The average molecular weight is 298 g/mol. The monoisotopic (exact) mass is 297 g/mol. The van der Waals surface area contributed by atoms with Crippen LogP contribution in [0.4, 0.5) is 5.82 Å². The Hall–Kier alpha value is -2.08. The second-order valence-corrected chi connectivity index (χ2v) is 4.45. The summed E-state index contributed by atoms with van der Waals surface area (Å²) in [7, 11) is 4.74. The highest BCUT2D eigenvalue weighted by Crippen LogP contribution is 2.35. The molecule has 2 aromatic rings. The summed E-state index contributed by atoms with van der Waals surface area (Å²) in [5.41, 5.74) is 6.66. The molecule has 0 spiro atoms. The van der Waals surface area contributed by atoms with E-state index in [1.807, 2.05) is 0 Å². The maximum atomic E-state index is 5.90. The minimum Gasteiger partial charge on any atom is -0.496 e. The third-order valence-electron chi connectivity index (χ3n) is 2.96. The van der Waals surface area contributed by atoms with Gasteiger partial charge >= 0.3 is 0 Å². The first-order chi connectivity index (χ1) is 9.60. The lowest BCUT2D eigenvalue weighted by atomic mass is 10.1. The van der Waals surface area contributed by atoms with E-state index in [9.17, 15) is 0 Å². The number of hydrogen-bond acceptors (Lipinski definition) is 5. The molecular weight excluding hydrogens is 282 g/mol. The van der Waals surface area contributed by atoms with Gasteiger partial charge in [0.2, 0.25) is 0 Å². The van der Waals surface area contributed by atoms with Gasteiger partial charge in [-0.2, -0.15) is 5.10 Å². The highest BCUT2D eigenvalue weighted by atomic mass is 35.5. The fraction of sp³-hybridized carbons (Fsp3) is 0.308. The van der Waals surface area contributed by atoms with Crippen molar-refractivity contribution in [3.63, 3.8) is 0 Å². The van der Waals surface area contributed by atoms with Crippen LogP contribution in [0.2, 0.25) is 5.02 Å². The van der Waals surface area contributed by atoms with E-state index in [2.05, 4.69) is 5.10 Å². The fourth-order valence-electron chi connectivity index (χ4n) is 1.88. The molecule has 2 N–H and O–H groups in total. The molecule has 0 atom stereocenters. The van der Waals surface area contributed by atoms with E-state index in [-0.39, 0.29) is 0 Å². The lowest BCUT2D eigenvalue weighted by molar-refractivity contribution is 0.366. The quantitative estimate of drug-likeness (QED) is 0.916. The number of halogens is 1. The first kappa shape index (κ1) is 14.3. The zero-order chi connectivity index (χ0) is 14.7. The van der Waals surface area contributed by atoms with Gasteiger partial charge in [0.25, 0.3) is 0 Å². The summed E-state index contributed by atoms with van der Waals surface area (Å²) < 4.78 is 17.5. The molecule has 0 unspecified atom stereocenters. The van der Waals surface area contributed by atoms with Crippen molar-refractivity contribution in [3.05, 3.63) is 28.9 Å². The number of benzene rings is 1. The molecule has 0 saturated carbocycles. The van der Waals surface area contributed by atoms with E-state index in [1.165, 1.54) is 6.20 Å². The molecule has 0 aliphatic rings. The molecule has 6 nitrogen and oxygen atoms in total. The van der Waals surface area contributed by atoms with Crippen LogP contribution in [0.15, 0.2) is 18.3 Å². The number of aromatic nitrogens is 2. The number of hydrogen-bond donors (Lipinski definition) is 1. The van der Waals surface area contributed by atoms with Gasteiger partial charge in [-0.3, -0.25) is 0 Å². The SMILES string of the molecule is COc1cc(OC)c(Cn2ncc(Cl)c2N)c(OC)c1. The number of anilines is 1. The third-order valence-corrected chi connectivity index (χ3v) is 3.25. The summed E-state index contributed by atoms with van der Waals surface area (Å²) in [5.74, 6) is 2.31. The largest absolute Gasteiger partial charge is 0.496 e. The summed E-state index contributed by atoms with van der Waals surface area (Å²) in [5, 5.41) is 4.53. The Labute approximate surface area is 122 Å². The van der Waals surface area contributed by atoms with E-state index < -0.39 is 0 Å². The van der Waals surface area contributed by atoms with Gasteiger partial charge in [-0.15, -0.1) is 0 Å². The van der Waals surface area contributed by atoms with Crippen LogP contribution < -0.4 is 19.9 Å². The highest BCUT2D eigenvalue weighted by Gasteiger charge is 2.16. The molecule has 0 bridgehead atoms. The number of ether oxygens (including phenoxy) is 3. The molecule has 0 saturated heterocycles. The van der Waals surface area contributed by atoms with Crippen molar-refractivity contribution in [1.82, 2.24) is 9.78 Å². The van der Waals surface area contributed by atoms with Crippen molar-refractivity contribution in [1.29, 1.82) is 0 Å². The zero-order valence-electron chi connectivity index (χ0n) is 11.5. The van der Waals surface area contributed by atoms with Crippen LogP contribution in [-0.2, 0) is 6.54 Å². The second-order valence-electron chi connectivity index (χ2n) is 4.05. The second kappa shape index (κ2) is 5.92. The number of methoxy groups -OCH3 is 3. The molecular formula is C13H16ClN3O3. The minimum atomic E-state index is 0.384. The Morgan fingerprint density at radius 1 is 1.15 bits per heavy atom. The average Bonchev–Trinajstić information content (AvgIpc) is 2.79. The standard InChI is InChI=1S/C13H16ClN3O3/c1-18-8-4-11(19-2)9(12(5-8)20-3)7-17-13(15)10(14)6-16-17/h4-6H,7,15H2,1-3H3. The molecule has 108 valence electrons. The fourth-order valence-corrected chi connectivity index (χ4v) is 2.02. The van der Waals surface area contributed by atoms with Crippen molar-refractivity contribution in [3.8, 4) is 17.2 Å². The van der Waals surface area contributed by atoms with Gasteiger partial charge in [0.05, 0.1) is 39.6 Å². The lowest BCUT2D eigenvalue weighted by Gasteiger charge is -2.15. The van der Waals surface area contributed by atoms with Crippen LogP contribution in [-0.4, -0.2) is 31.1 Å². The molecule has 2 rings (SSSR count). The van der Waals surface area contributed by atoms with Gasteiger partial charge in [0.15, 0.2) is 0 Å². The lowest BCUT2D eigenvalue weighted by Crippen LogP contribution is -2.08. The Morgan fingerprint density at radius 3 is 2.15 bits per heavy atom. The first-order valence-corrected chi connectivity index (χ1v) is 6.24. The van der Waals surface area contributed by atoms with Gasteiger partial charge in [-0.05, 0) is 0 Å². The van der Waals surface area contributed by atoms with Gasteiger partial charge in [-0.1, -0.05) is 11.6 Å². The predicted molar refractivity (Wildman–Crippen MR) is 76.8 cm³/mol. The molecule has 7 heteroatoms. The van der Waals surface area contributed by atoms with Gasteiger partial charge in [0, 0.05) is 12.1 Å². The molecule has 0 fully saturated rings. The van der Waals surface area contributed by atoms with E-state index in [0.29, 0.717) is 34.6 Å². The smallest absolute Gasteiger partial charge is 0.140 e. The minimum absolute atomic E-state index is 0.384. The van der Waals surface area contributed by atoms with Crippen molar-refractivity contribution < 1.29 is 14.2 Å². The Balaban J connectivity index is 2.46. The summed E-state index contributed by atoms with van der Waals surface area (Å²) in [4.78, 5) is 0. The molecule has 0 aliphatic heterocycles. The number of rotatable bonds is 5. The molecule has 1 aromatic heterocycles. The van der Waals surface area contributed by atoms with E-state index in [4.69, 9.17) is 31.5 Å². The maximum absolute atomic E-state index is 5.90. The van der Waals surface area contributed by atoms with Crippen molar-refractivity contribution in [2.45, 2.75) is 6.54 Å². The summed E-state index contributed by atoms with van der Waals surface area (Å²) >= 11 is 5.90. The van der Waals surface area contributed by atoms with Crippen molar-refractivity contribution >= 4 is 17.4 Å². The Kier molecular flexibility index (Phi) is 4.24. The van der Waals surface area contributed by atoms with Crippen LogP contribution in [0, 0.1) is 0 Å². The Bertz CT molecular complexity index is 588. The van der Waals surface area contributed by atoms with Crippen LogP contribution in [0.25, 0.3) is 0 Å². The number of nitrogens with zero attached hydrogens (tertiary/aromatic N) is 2. The van der Waals surface area contributed by atoms with E-state index in [1.54, 1.807) is 38.1 Å². The van der Waals surface area contributed by atoms with Crippen LogP contribution in [0.5, 0.6) is 17.2 Å². The molecule has 0 aliphatic carbocycles. The zero-order valence-corrected chi connectivity index (χ0v) is 12.3. The normalized spacial score (nSPS) is 10.4. The van der Waals surface area contributed by atoms with E-state index >= 15 is 0 Å². The van der Waals surface area contributed by atoms with Crippen LogP contribution in [0.3, 0.4) is 0 Å². The van der Waals surface area contributed by atoms with Crippen molar-refractivity contribution in [2.24, 2.45) is 0 Å².